The normalized spacial score (nSPS) is 17.3. The molecule has 1 aliphatic carbocycles. The highest BCUT2D eigenvalue weighted by Gasteiger charge is 2.22. The van der Waals surface area contributed by atoms with Gasteiger partial charge in [0.2, 0.25) is 5.95 Å². The third-order valence-electron chi connectivity index (χ3n) is 3.29. The van der Waals surface area contributed by atoms with E-state index in [1.54, 1.807) is 10.6 Å². The minimum absolute atomic E-state index is 0.183. The number of rotatable bonds is 1. The maximum Gasteiger partial charge on any atom is 0.238 e. The van der Waals surface area contributed by atoms with Gasteiger partial charge in [0.05, 0.1) is 6.20 Å². The smallest absolute Gasteiger partial charge is 0.238 e. The molecule has 1 fully saturated rings. The molecule has 3 rings (SSSR count). The van der Waals surface area contributed by atoms with Crippen LogP contribution in [-0.2, 0) is 0 Å². The standard InChI is InChI=1S/C11H13FN4/c12-8-5-9(7-3-1-2-4-7)16-10(8)6-14-11(13)15-16/h5-7H,1-4H2,(H2,13,15). The minimum atomic E-state index is -0.262. The third kappa shape index (κ3) is 1.35. The number of hydrogen-bond donors (Lipinski definition) is 1. The summed E-state index contributed by atoms with van der Waals surface area (Å²) in [7, 11) is 0. The van der Waals surface area contributed by atoms with Crippen molar-refractivity contribution in [2.75, 3.05) is 5.73 Å². The Morgan fingerprint density at radius 2 is 2.12 bits per heavy atom. The lowest BCUT2D eigenvalue weighted by molar-refractivity contribution is 0.637. The van der Waals surface area contributed by atoms with E-state index >= 15 is 0 Å². The summed E-state index contributed by atoms with van der Waals surface area (Å²) in [6.07, 6.45) is 6.07. The second-order valence-corrected chi connectivity index (χ2v) is 4.31. The van der Waals surface area contributed by atoms with Gasteiger partial charge < -0.3 is 5.73 Å². The Morgan fingerprint density at radius 3 is 2.88 bits per heavy atom. The first kappa shape index (κ1) is 9.57. The average molecular weight is 220 g/mol. The molecule has 5 heteroatoms. The number of halogens is 1. The van der Waals surface area contributed by atoms with Crippen molar-refractivity contribution in [2.45, 2.75) is 31.6 Å². The lowest BCUT2D eigenvalue weighted by atomic mass is 10.1. The first-order chi connectivity index (χ1) is 7.75. The average Bonchev–Trinajstić information content (AvgIpc) is 2.86. The van der Waals surface area contributed by atoms with E-state index in [1.165, 1.54) is 19.0 Å². The van der Waals surface area contributed by atoms with Gasteiger partial charge in [-0.2, -0.15) is 0 Å². The van der Waals surface area contributed by atoms with Crippen LogP contribution < -0.4 is 5.73 Å². The Labute approximate surface area is 92.3 Å². The zero-order valence-electron chi connectivity index (χ0n) is 8.86. The fraction of sp³-hybridized carbons (Fsp3) is 0.455. The van der Waals surface area contributed by atoms with Crippen molar-refractivity contribution in [1.29, 1.82) is 0 Å². The van der Waals surface area contributed by atoms with Crippen molar-refractivity contribution in [3.63, 3.8) is 0 Å². The number of hydrogen-bond acceptors (Lipinski definition) is 3. The van der Waals surface area contributed by atoms with Gasteiger partial charge in [-0.25, -0.2) is 13.9 Å². The first-order valence-corrected chi connectivity index (χ1v) is 5.55. The molecule has 2 aromatic heterocycles. The topological polar surface area (TPSA) is 56.2 Å². The van der Waals surface area contributed by atoms with Crippen LogP contribution in [0.4, 0.5) is 10.3 Å². The summed E-state index contributed by atoms with van der Waals surface area (Å²) in [5.74, 6) is 0.329. The number of anilines is 1. The Bertz CT molecular complexity index is 528. The fourth-order valence-corrected chi connectivity index (χ4v) is 2.50. The van der Waals surface area contributed by atoms with E-state index in [0.717, 1.165) is 18.5 Å². The van der Waals surface area contributed by atoms with Crippen LogP contribution in [0.1, 0.15) is 37.3 Å². The Hall–Kier alpha value is -1.65. The number of fused-ring (bicyclic) bond motifs is 1. The van der Waals surface area contributed by atoms with E-state index < -0.39 is 0 Å². The summed E-state index contributed by atoms with van der Waals surface area (Å²) in [5.41, 5.74) is 6.88. The minimum Gasteiger partial charge on any atom is -0.367 e. The van der Waals surface area contributed by atoms with Crippen LogP contribution in [-0.4, -0.2) is 14.6 Å². The van der Waals surface area contributed by atoms with Crippen LogP contribution in [0.15, 0.2) is 12.3 Å². The van der Waals surface area contributed by atoms with Gasteiger partial charge in [-0.15, -0.1) is 5.10 Å². The third-order valence-corrected chi connectivity index (χ3v) is 3.29. The summed E-state index contributed by atoms with van der Waals surface area (Å²) >= 11 is 0. The molecule has 0 radical (unpaired) electrons. The molecule has 0 unspecified atom stereocenters. The maximum absolute atomic E-state index is 13.7. The summed E-state index contributed by atoms with van der Waals surface area (Å²) in [6.45, 7) is 0. The molecule has 0 amide bonds. The zero-order valence-corrected chi connectivity index (χ0v) is 8.86. The maximum atomic E-state index is 13.7. The van der Waals surface area contributed by atoms with Gasteiger partial charge in [0.25, 0.3) is 0 Å². The van der Waals surface area contributed by atoms with Crippen molar-refractivity contribution >= 4 is 11.5 Å². The summed E-state index contributed by atoms with van der Waals surface area (Å²) < 4.78 is 15.3. The Balaban J connectivity index is 2.19. The van der Waals surface area contributed by atoms with E-state index in [9.17, 15) is 4.39 Å². The summed E-state index contributed by atoms with van der Waals surface area (Å²) in [5, 5.41) is 4.08. The van der Waals surface area contributed by atoms with E-state index in [1.807, 2.05) is 0 Å². The van der Waals surface area contributed by atoms with Crippen molar-refractivity contribution in [1.82, 2.24) is 14.6 Å². The molecule has 2 heterocycles. The molecule has 0 spiro atoms. The molecule has 2 aromatic rings. The quantitative estimate of drug-likeness (QED) is 0.800. The monoisotopic (exact) mass is 220 g/mol. The molecular weight excluding hydrogens is 207 g/mol. The Kier molecular flexibility index (Phi) is 2.05. The molecule has 1 aliphatic rings. The summed E-state index contributed by atoms with van der Waals surface area (Å²) in [6, 6.07) is 1.57. The van der Waals surface area contributed by atoms with Gasteiger partial charge in [0, 0.05) is 11.6 Å². The number of nitrogens with two attached hydrogens (primary N) is 1. The predicted octanol–water partition coefficient (Wildman–Crippen LogP) is 2.11. The highest BCUT2D eigenvalue weighted by Crippen LogP contribution is 2.35. The molecule has 16 heavy (non-hydrogen) atoms. The number of nitrogens with zero attached hydrogens (tertiary/aromatic N) is 3. The van der Waals surface area contributed by atoms with Gasteiger partial charge >= 0.3 is 0 Å². The second-order valence-electron chi connectivity index (χ2n) is 4.31. The van der Waals surface area contributed by atoms with Crippen LogP contribution >= 0.6 is 0 Å². The van der Waals surface area contributed by atoms with Gasteiger partial charge in [-0.3, -0.25) is 0 Å². The number of aromatic nitrogens is 3. The molecule has 0 bridgehead atoms. The molecule has 0 aromatic carbocycles. The largest absolute Gasteiger partial charge is 0.367 e. The van der Waals surface area contributed by atoms with Crippen molar-refractivity contribution < 1.29 is 4.39 Å². The molecule has 0 aliphatic heterocycles. The number of nitrogen functional groups attached to an aromatic ring is 1. The molecule has 84 valence electrons. The molecule has 0 saturated heterocycles. The molecule has 2 N–H and O–H groups in total. The van der Waals surface area contributed by atoms with Gasteiger partial charge in [0.1, 0.15) is 5.52 Å². The van der Waals surface area contributed by atoms with E-state index in [4.69, 9.17) is 5.73 Å². The molecular formula is C11H13FN4. The first-order valence-electron chi connectivity index (χ1n) is 5.55. The predicted molar refractivity (Wildman–Crippen MR) is 58.6 cm³/mol. The van der Waals surface area contributed by atoms with Gasteiger partial charge in [-0.05, 0) is 18.9 Å². The fourth-order valence-electron chi connectivity index (χ4n) is 2.50. The van der Waals surface area contributed by atoms with Crippen molar-refractivity contribution in [3.05, 3.63) is 23.8 Å². The van der Waals surface area contributed by atoms with Crippen molar-refractivity contribution in [2.24, 2.45) is 0 Å². The SMILES string of the molecule is Nc1ncc2c(F)cc(C3CCCC3)n2n1. The van der Waals surface area contributed by atoms with E-state index in [0.29, 0.717) is 11.4 Å². The lowest BCUT2D eigenvalue weighted by Crippen LogP contribution is -2.05. The Morgan fingerprint density at radius 1 is 1.38 bits per heavy atom. The molecule has 1 saturated carbocycles. The van der Waals surface area contributed by atoms with Crippen LogP contribution in [0, 0.1) is 5.82 Å². The van der Waals surface area contributed by atoms with Crippen molar-refractivity contribution in [3.8, 4) is 0 Å². The molecule has 4 nitrogen and oxygen atoms in total. The highest BCUT2D eigenvalue weighted by atomic mass is 19.1. The van der Waals surface area contributed by atoms with Crippen LogP contribution in [0.25, 0.3) is 5.52 Å². The summed E-state index contributed by atoms with van der Waals surface area (Å²) in [4.78, 5) is 3.81. The highest BCUT2D eigenvalue weighted by molar-refractivity contribution is 5.50. The molecule has 0 atom stereocenters. The lowest BCUT2D eigenvalue weighted by Gasteiger charge is -2.08. The second kappa shape index (κ2) is 3.43. The van der Waals surface area contributed by atoms with E-state index in [-0.39, 0.29) is 11.8 Å². The van der Waals surface area contributed by atoms with Crippen LogP contribution in [0.2, 0.25) is 0 Å². The van der Waals surface area contributed by atoms with Crippen LogP contribution in [0.5, 0.6) is 0 Å². The van der Waals surface area contributed by atoms with Gasteiger partial charge in [0.15, 0.2) is 5.82 Å². The van der Waals surface area contributed by atoms with E-state index in [2.05, 4.69) is 10.1 Å². The zero-order chi connectivity index (χ0) is 11.1. The van der Waals surface area contributed by atoms with Crippen LogP contribution in [0.3, 0.4) is 0 Å². The van der Waals surface area contributed by atoms with Gasteiger partial charge in [-0.1, -0.05) is 12.8 Å².